The van der Waals surface area contributed by atoms with Gasteiger partial charge >= 0.3 is 0 Å². The average Bonchev–Trinajstić information content (AvgIpc) is 3.29. The second kappa shape index (κ2) is 7.58. The molecule has 7 heteroatoms. The van der Waals surface area contributed by atoms with Gasteiger partial charge in [-0.3, -0.25) is 4.79 Å². The van der Waals surface area contributed by atoms with Crippen molar-refractivity contribution in [1.82, 2.24) is 29.6 Å². The maximum Gasteiger partial charge on any atom is 0.291 e. The fraction of sp³-hybridized carbons (Fsp3) is 0.429. The van der Waals surface area contributed by atoms with Gasteiger partial charge in [0.2, 0.25) is 5.82 Å². The first-order valence-electron chi connectivity index (χ1n) is 9.89. The molecular formula is C21H26N6O. The van der Waals surface area contributed by atoms with Gasteiger partial charge in [-0.25, -0.2) is 14.6 Å². The SMILES string of the molecule is Cc1nc(C(=O)NCc2cn3c(n2)CCCC3)nn1-c1ccccc1C(C)C. The van der Waals surface area contributed by atoms with Crippen LogP contribution in [-0.4, -0.2) is 30.2 Å². The summed E-state index contributed by atoms with van der Waals surface area (Å²) in [6.45, 7) is 7.54. The minimum absolute atomic E-state index is 0.181. The largest absolute Gasteiger partial charge is 0.344 e. The van der Waals surface area contributed by atoms with Crippen LogP contribution < -0.4 is 5.32 Å². The first kappa shape index (κ1) is 18.4. The van der Waals surface area contributed by atoms with Crippen LogP contribution in [0.5, 0.6) is 0 Å². The Kier molecular flexibility index (Phi) is 4.98. The van der Waals surface area contributed by atoms with E-state index in [0.717, 1.165) is 30.2 Å². The highest BCUT2D eigenvalue weighted by Crippen LogP contribution is 2.23. The predicted molar refractivity (Wildman–Crippen MR) is 107 cm³/mol. The molecule has 1 aliphatic rings. The average molecular weight is 378 g/mol. The van der Waals surface area contributed by atoms with Crippen molar-refractivity contribution >= 4 is 5.91 Å². The lowest BCUT2D eigenvalue weighted by Gasteiger charge is -2.12. The molecule has 0 unspecified atom stereocenters. The number of aryl methyl sites for hydroxylation is 3. The van der Waals surface area contributed by atoms with Gasteiger partial charge < -0.3 is 9.88 Å². The van der Waals surface area contributed by atoms with Crippen LogP contribution in [0.1, 0.15) is 66.1 Å². The Bertz CT molecular complexity index is 977. The molecule has 0 spiro atoms. The molecule has 0 saturated heterocycles. The summed E-state index contributed by atoms with van der Waals surface area (Å²) in [6, 6.07) is 8.08. The number of para-hydroxylation sites is 1. The van der Waals surface area contributed by atoms with E-state index in [-0.39, 0.29) is 11.7 Å². The van der Waals surface area contributed by atoms with E-state index < -0.39 is 0 Å². The van der Waals surface area contributed by atoms with Crippen molar-refractivity contribution in [3.8, 4) is 5.69 Å². The van der Waals surface area contributed by atoms with E-state index in [1.165, 1.54) is 18.4 Å². The zero-order valence-electron chi connectivity index (χ0n) is 16.6. The van der Waals surface area contributed by atoms with E-state index in [1.807, 2.05) is 31.3 Å². The summed E-state index contributed by atoms with van der Waals surface area (Å²) in [5.41, 5.74) is 3.01. The molecular weight excluding hydrogens is 352 g/mol. The minimum Gasteiger partial charge on any atom is -0.344 e. The summed E-state index contributed by atoms with van der Waals surface area (Å²) in [5, 5.41) is 7.37. The van der Waals surface area contributed by atoms with Crippen molar-refractivity contribution in [3.05, 3.63) is 59.2 Å². The van der Waals surface area contributed by atoms with Crippen molar-refractivity contribution < 1.29 is 4.79 Å². The molecule has 0 atom stereocenters. The highest BCUT2D eigenvalue weighted by molar-refractivity contribution is 5.90. The summed E-state index contributed by atoms with van der Waals surface area (Å²) in [5.74, 6) is 2.05. The van der Waals surface area contributed by atoms with Gasteiger partial charge in [0.25, 0.3) is 5.91 Å². The number of hydrogen-bond donors (Lipinski definition) is 1. The van der Waals surface area contributed by atoms with Gasteiger partial charge in [0.15, 0.2) is 0 Å². The molecule has 146 valence electrons. The fourth-order valence-electron chi connectivity index (χ4n) is 3.69. The van der Waals surface area contributed by atoms with E-state index >= 15 is 0 Å². The minimum atomic E-state index is -0.283. The van der Waals surface area contributed by atoms with Gasteiger partial charge in [-0.1, -0.05) is 32.0 Å². The van der Waals surface area contributed by atoms with Crippen LogP contribution >= 0.6 is 0 Å². The zero-order chi connectivity index (χ0) is 19.7. The molecule has 0 bridgehead atoms. The van der Waals surface area contributed by atoms with Crippen molar-refractivity contribution in [3.63, 3.8) is 0 Å². The van der Waals surface area contributed by atoms with Crippen LogP contribution in [-0.2, 0) is 19.5 Å². The number of nitrogens with zero attached hydrogens (tertiary/aromatic N) is 5. The third kappa shape index (κ3) is 3.56. The molecule has 0 aliphatic carbocycles. The van der Waals surface area contributed by atoms with Gasteiger partial charge in [-0.05, 0) is 37.3 Å². The Morgan fingerprint density at radius 1 is 1.21 bits per heavy atom. The lowest BCUT2D eigenvalue weighted by Crippen LogP contribution is -2.24. The molecule has 1 aromatic carbocycles. The summed E-state index contributed by atoms with van der Waals surface area (Å²) >= 11 is 0. The number of benzene rings is 1. The topological polar surface area (TPSA) is 77.6 Å². The molecule has 3 heterocycles. The second-order valence-electron chi connectivity index (χ2n) is 7.59. The maximum atomic E-state index is 12.6. The molecule has 0 fully saturated rings. The highest BCUT2D eigenvalue weighted by atomic mass is 16.2. The van der Waals surface area contributed by atoms with Crippen LogP contribution in [0.2, 0.25) is 0 Å². The van der Waals surface area contributed by atoms with E-state index in [4.69, 9.17) is 0 Å². The predicted octanol–water partition coefficient (Wildman–Crippen LogP) is 3.16. The summed E-state index contributed by atoms with van der Waals surface area (Å²) < 4.78 is 3.94. The molecule has 1 amide bonds. The summed E-state index contributed by atoms with van der Waals surface area (Å²) in [4.78, 5) is 21.6. The first-order chi connectivity index (χ1) is 13.5. The number of carbonyl (C=O) groups is 1. The van der Waals surface area contributed by atoms with E-state index in [0.29, 0.717) is 18.3 Å². The molecule has 4 rings (SSSR count). The quantitative estimate of drug-likeness (QED) is 0.740. The van der Waals surface area contributed by atoms with Gasteiger partial charge in [-0.2, -0.15) is 0 Å². The van der Waals surface area contributed by atoms with Crippen LogP contribution in [0.15, 0.2) is 30.5 Å². The smallest absolute Gasteiger partial charge is 0.291 e. The van der Waals surface area contributed by atoms with Gasteiger partial charge in [0.05, 0.1) is 17.9 Å². The number of imidazole rings is 1. The van der Waals surface area contributed by atoms with Gasteiger partial charge in [0.1, 0.15) is 11.6 Å². The fourth-order valence-corrected chi connectivity index (χ4v) is 3.69. The van der Waals surface area contributed by atoms with Crippen LogP contribution in [0.25, 0.3) is 5.69 Å². The van der Waals surface area contributed by atoms with E-state index in [9.17, 15) is 4.79 Å². The standard InChI is InChI=1S/C21H26N6O/c1-14(2)17-8-4-5-9-18(17)27-15(3)23-20(25-27)21(28)22-12-16-13-26-11-7-6-10-19(26)24-16/h4-5,8-9,13-14H,6-7,10-12H2,1-3H3,(H,22,28). The number of aromatic nitrogens is 5. The number of rotatable bonds is 5. The third-order valence-electron chi connectivity index (χ3n) is 5.15. The molecule has 3 aromatic rings. The number of carbonyl (C=O) groups excluding carboxylic acids is 1. The summed E-state index contributed by atoms with van der Waals surface area (Å²) in [6.07, 6.45) is 5.41. The Labute approximate surface area is 164 Å². The Hall–Kier alpha value is -2.96. The molecule has 2 aromatic heterocycles. The highest BCUT2D eigenvalue weighted by Gasteiger charge is 2.18. The first-order valence-corrected chi connectivity index (χ1v) is 9.89. The van der Waals surface area contributed by atoms with Crippen molar-refractivity contribution in [2.45, 2.75) is 59.0 Å². The zero-order valence-corrected chi connectivity index (χ0v) is 16.6. The number of fused-ring (bicyclic) bond motifs is 1. The van der Waals surface area contributed by atoms with Crippen molar-refractivity contribution in [1.29, 1.82) is 0 Å². The van der Waals surface area contributed by atoms with Crippen molar-refractivity contribution in [2.75, 3.05) is 0 Å². The van der Waals surface area contributed by atoms with Crippen LogP contribution in [0, 0.1) is 6.92 Å². The van der Waals surface area contributed by atoms with Crippen LogP contribution in [0.3, 0.4) is 0 Å². The van der Waals surface area contributed by atoms with Gasteiger partial charge in [0, 0.05) is 19.2 Å². The summed E-state index contributed by atoms with van der Waals surface area (Å²) in [7, 11) is 0. The lowest BCUT2D eigenvalue weighted by atomic mass is 10.0. The third-order valence-corrected chi connectivity index (χ3v) is 5.15. The number of amides is 1. The lowest BCUT2D eigenvalue weighted by molar-refractivity contribution is 0.0940. The second-order valence-corrected chi connectivity index (χ2v) is 7.59. The van der Waals surface area contributed by atoms with E-state index in [1.54, 1.807) is 4.68 Å². The van der Waals surface area contributed by atoms with Gasteiger partial charge in [-0.15, -0.1) is 5.10 Å². The Morgan fingerprint density at radius 2 is 2.04 bits per heavy atom. The van der Waals surface area contributed by atoms with Crippen LogP contribution in [0.4, 0.5) is 0 Å². The van der Waals surface area contributed by atoms with E-state index in [2.05, 4.69) is 44.9 Å². The van der Waals surface area contributed by atoms with Crippen molar-refractivity contribution in [2.24, 2.45) is 0 Å². The Balaban J connectivity index is 1.50. The molecule has 1 aliphatic heterocycles. The molecule has 0 radical (unpaired) electrons. The molecule has 28 heavy (non-hydrogen) atoms. The number of hydrogen-bond acceptors (Lipinski definition) is 4. The molecule has 0 saturated carbocycles. The molecule has 1 N–H and O–H groups in total. The monoisotopic (exact) mass is 378 g/mol. The normalized spacial score (nSPS) is 13.6. The maximum absolute atomic E-state index is 12.6. The molecule has 7 nitrogen and oxygen atoms in total. The number of nitrogens with one attached hydrogen (secondary N) is 1. The Morgan fingerprint density at radius 3 is 2.82 bits per heavy atom.